The second-order valence-electron chi connectivity index (χ2n) is 7.45. The van der Waals surface area contributed by atoms with E-state index >= 15 is 0 Å². The highest BCUT2D eigenvalue weighted by Crippen LogP contribution is 2.43. The Morgan fingerprint density at radius 2 is 1.83 bits per heavy atom. The van der Waals surface area contributed by atoms with Crippen molar-refractivity contribution in [2.45, 2.75) is 23.5 Å². The van der Waals surface area contributed by atoms with E-state index in [1.165, 1.54) is 27.2 Å². The summed E-state index contributed by atoms with van der Waals surface area (Å²) in [7, 11) is 0. The first-order valence-electron chi connectivity index (χ1n) is 9.99. The third-order valence-corrected chi connectivity index (χ3v) is 7.00. The highest BCUT2D eigenvalue weighted by atomic mass is 35.5. The van der Waals surface area contributed by atoms with Crippen molar-refractivity contribution in [3.8, 4) is 0 Å². The lowest BCUT2D eigenvalue weighted by Crippen LogP contribution is -2.36. The minimum Gasteiger partial charge on any atom is -0.338 e. The molecule has 2 aliphatic heterocycles. The zero-order valence-electron chi connectivity index (χ0n) is 16.3. The van der Waals surface area contributed by atoms with E-state index in [4.69, 9.17) is 16.6 Å². The molecule has 0 saturated carbocycles. The molecule has 0 aliphatic carbocycles. The number of nitrogens with zero attached hydrogens (tertiary/aromatic N) is 3. The zero-order valence-corrected chi connectivity index (χ0v) is 17.9. The van der Waals surface area contributed by atoms with E-state index in [2.05, 4.69) is 23.2 Å². The Balaban J connectivity index is 1.51. The maximum absolute atomic E-state index is 12.8. The number of hydrogen-bond donors (Lipinski definition) is 0. The Morgan fingerprint density at radius 1 is 1.03 bits per heavy atom. The van der Waals surface area contributed by atoms with Gasteiger partial charge in [-0.25, -0.2) is 0 Å². The quantitative estimate of drug-likeness (QED) is 0.510. The van der Waals surface area contributed by atoms with Crippen LogP contribution in [0.25, 0.3) is 5.57 Å². The fourth-order valence-corrected chi connectivity index (χ4v) is 5.47. The van der Waals surface area contributed by atoms with Crippen molar-refractivity contribution < 1.29 is 4.79 Å². The van der Waals surface area contributed by atoms with E-state index < -0.39 is 0 Å². The molecule has 1 fully saturated rings. The average molecular weight is 434 g/mol. The summed E-state index contributed by atoms with van der Waals surface area (Å²) in [6, 6.07) is 13.8. The number of hydrogen-bond acceptors (Lipinski definition) is 4. The van der Waals surface area contributed by atoms with Gasteiger partial charge in [0.05, 0.1) is 5.69 Å². The number of piperidine rings is 1. The molecule has 4 heterocycles. The van der Waals surface area contributed by atoms with Crippen molar-refractivity contribution in [3.63, 3.8) is 0 Å². The Morgan fingerprint density at radius 3 is 2.63 bits per heavy atom. The number of pyridine rings is 2. The molecule has 4 nitrogen and oxygen atoms in total. The molecule has 3 aromatic rings. The normalized spacial score (nSPS) is 16.0. The van der Waals surface area contributed by atoms with Crippen molar-refractivity contribution in [2.24, 2.45) is 0 Å². The fourth-order valence-electron chi connectivity index (χ4n) is 4.15. The van der Waals surface area contributed by atoms with Gasteiger partial charge in [-0.2, -0.15) is 0 Å². The van der Waals surface area contributed by atoms with E-state index in [1.54, 1.807) is 24.5 Å². The number of carbonyl (C=O) groups is 1. The lowest BCUT2D eigenvalue weighted by atomic mass is 9.89. The van der Waals surface area contributed by atoms with Gasteiger partial charge in [0.1, 0.15) is 0 Å². The van der Waals surface area contributed by atoms with Gasteiger partial charge in [0.15, 0.2) is 0 Å². The molecule has 2 aliphatic rings. The van der Waals surface area contributed by atoms with Crippen LogP contribution in [0.4, 0.5) is 0 Å². The number of benzene rings is 1. The molecule has 0 bridgehead atoms. The SMILES string of the molecule is O=C(c1ccncc1)N1CCC(=C2c3ccc(Cl)cc3SCc3cccnc32)CC1. The highest BCUT2D eigenvalue weighted by Gasteiger charge is 2.27. The molecule has 150 valence electrons. The number of amides is 1. The van der Waals surface area contributed by atoms with Crippen LogP contribution in [-0.4, -0.2) is 33.9 Å². The number of carbonyl (C=O) groups excluding carboxylic acids is 1. The number of halogens is 1. The fraction of sp³-hybridized carbons (Fsp3) is 0.208. The maximum Gasteiger partial charge on any atom is 0.253 e. The summed E-state index contributed by atoms with van der Waals surface area (Å²) in [6.07, 6.45) is 6.88. The number of aromatic nitrogens is 2. The molecule has 30 heavy (non-hydrogen) atoms. The van der Waals surface area contributed by atoms with Crippen molar-refractivity contribution >= 4 is 34.8 Å². The predicted octanol–water partition coefficient (Wildman–Crippen LogP) is 5.47. The van der Waals surface area contributed by atoms with Crippen LogP contribution in [0.2, 0.25) is 5.02 Å². The molecular weight excluding hydrogens is 414 g/mol. The summed E-state index contributed by atoms with van der Waals surface area (Å²) in [6.45, 7) is 1.41. The van der Waals surface area contributed by atoms with Crippen LogP contribution in [0.15, 0.2) is 71.5 Å². The Kier molecular flexibility index (Phi) is 5.32. The first-order valence-corrected chi connectivity index (χ1v) is 11.4. The Hall–Kier alpha value is -2.63. The molecular formula is C24H20ClN3OS. The number of rotatable bonds is 1. The summed E-state index contributed by atoms with van der Waals surface area (Å²) >= 11 is 8.10. The summed E-state index contributed by atoms with van der Waals surface area (Å²) in [5, 5.41) is 0.752. The third kappa shape index (κ3) is 3.64. The van der Waals surface area contributed by atoms with E-state index in [9.17, 15) is 4.79 Å². The second kappa shape index (κ2) is 8.25. The smallest absolute Gasteiger partial charge is 0.253 e. The van der Waals surface area contributed by atoms with Gasteiger partial charge in [-0.1, -0.05) is 29.3 Å². The van der Waals surface area contributed by atoms with Crippen molar-refractivity contribution in [1.29, 1.82) is 0 Å². The summed E-state index contributed by atoms with van der Waals surface area (Å²) in [4.78, 5) is 24.7. The molecule has 5 rings (SSSR count). The van der Waals surface area contributed by atoms with E-state index in [0.29, 0.717) is 18.7 Å². The molecule has 0 unspecified atom stereocenters. The van der Waals surface area contributed by atoms with E-state index in [0.717, 1.165) is 29.3 Å². The van der Waals surface area contributed by atoms with Crippen LogP contribution < -0.4 is 0 Å². The predicted molar refractivity (Wildman–Crippen MR) is 121 cm³/mol. The minimum absolute atomic E-state index is 0.0728. The maximum atomic E-state index is 12.8. The number of fused-ring (bicyclic) bond motifs is 2. The second-order valence-corrected chi connectivity index (χ2v) is 8.90. The van der Waals surface area contributed by atoms with Crippen molar-refractivity contribution in [2.75, 3.05) is 13.1 Å². The van der Waals surface area contributed by atoms with Gasteiger partial charge in [0, 0.05) is 58.5 Å². The molecule has 2 aromatic heterocycles. The van der Waals surface area contributed by atoms with Crippen LogP contribution in [0.1, 0.15) is 40.0 Å². The van der Waals surface area contributed by atoms with Crippen molar-refractivity contribution in [1.82, 2.24) is 14.9 Å². The Labute approximate surface area is 185 Å². The molecule has 0 spiro atoms. The van der Waals surface area contributed by atoms with Gasteiger partial charge >= 0.3 is 0 Å². The largest absolute Gasteiger partial charge is 0.338 e. The molecule has 6 heteroatoms. The monoisotopic (exact) mass is 433 g/mol. The number of thioether (sulfide) groups is 1. The summed E-state index contributed by atoms with van der Waals surface area (Å²) < 4.78 is 0. The minimum atomic E-state index is 0.0728. The van der Waals surface area contributed by atoms with E-state index in [-0.39, 0.29) is 5.91 Å². The lowest BCUT2D eigenvalue weighted by molar-refractivity contribution is 0.0743. The van der Waals surface area contributed by atoms with Gasteiger partial charge in [-0.05, 0) is 54.3 Å². The molecule has 0 atom stereocenters. The Bertz CT molecular complexity index is 1140. The van der Waals surface area contributed by atoms with Crippen LogP contribution in [0.5, 0.6) is 0 Å². The highest BCUT2D eigenvalue weighted by molar-refractivity contribution is 7.98. The molecule has 1 aromatic carbocycles. The average Bonchev–Trinajstić information content (AvgIpc) is 2.96. The van der Waals surface area contributed by atoms with Gasteiger partial charge < -0.3 is 4.90 Å². The first kappa shape index (κ1) is 19.3. The van der Waals surface area contributed by atoms with Gasteiger partial charge in [0.2, 0.25) is 0 Å². The first-order chi connectivity index (χ1) is 14.7. The van der Waals surface area contributed by atoms with Gasteiger partial charge in [-0.15, -0.1) is 11.8 Å². The topological polar surface area (TPSA) is 46.1 Å². The van der Waals surface area contributed by atoms with Crippen LogP contribution in [-0.2, 0) is 5.75 Å². The van der Waals surface area contributed by atoms with Crippen LogP contribution in [0.3, 0.4) is 0 Å². The molecule has 0 N–H and O–H groups in total. The standard InChI is InChI=1S/C24H20ClN3OS/c25-19-3-4-20-21(14-19)30-15-18-2-1-9-27-23(18)22(20)16-7-12-28(13-8-16)24(29)17-5-10-26-11-6-17/h1-6,9-11,14H,7-8,12-13,15H2. The number of likely N-dealkylation sites (tertiary alicyclic amines) is 1. The third-order valence-electron chi connectivity index (χ3n) is 5.66. The molecule has 1 saturated heterocycles. The van der Waals surface area contributed by atoms with E-state index in [1.807, 2.05) is 35.0 Å². The summed E-state index contributed by atoms with van der Waals surface area (Å²) in [5.41, 5.74) is 6.78. The van der Waals surface area contributed by atoms with Gasteiger partial charge in [-0.3, -0.25) is 14.8 Å². The van der Waals surface area contributed by atoms with Crippen molar-refractivity contribution in [3.05, 3.63) is 94.0 Å². The van der Waals surface area contributed by atoms with Crippen LogP contribution >= 0.6 is 23.4 Å². The molecule has 0 radical (unpaired) electrons. The zero-order chi connectivity index (χ0) is 20.5. The lowest BCUT2D eigenvalue weighted by Gasteiger charge is -2.30. The van der Waals surface area contributed by atoms with Gasteiger partial charge in [0.25, 0.3) is 5.91 Å². The van der Waals surface area contributed by atoms with Crippen LogP contribution in [0, 0.1) is 0 Å². The summed E-state index contributed by atoms with van der Waals surface area (Å²) in [5.74, 6) is 0.948. The molecule has 1 amide bonds.